The molecule has 0 N–H and O–H groups in total. The van der Waals surface area contributed by atoms with Gasteiger partial charge in [-0.25, -0.2) is 0 Å². The van der Waals surface area contributed by atoms with E-state index in [0.717, 1.165) is 17.9 Å². The molecule has 0 spiro atoms. The molecule has 0 saturated carbocycles. The van der Waals surface area contributed by atoms with Gasteiger partial charge in [-0.05, 0) is 32.0 Å². The van der Waals surface area contributed by atoms with Gasteiger partial charge in [0.2, 0.25) is 0 Å². The highest BCUT2D eigenvalue weighted by Gasteiger charge is 2.18. The zero-order valence-corrected chi connectivity index (χ0v) is 15.1. The number of carbonyl (C=O) groups is 1. The lowest BCUT2D eigenvalue weighted by molar-refractivity contribution is 0.102. The van der Waals surface area contributed by atoms with Crippen LogP contribution in [0.3, 0.4) is 0 Å². The summed E-state index contributed by atoms with van der Waals surface area (Å²) >= 11 is 1.22. The van der Waals surface area contributed by atoms with Crippen molar-refractivity contribution in [1.82, 2.24) is 14.8 Å². The first-order valence-corrected chi connectivity index (χ1v) is 8.77. The number of ketones is 1. The Kier molecular flexibility index (Phi) is 5.40. The molecule has 3 aromatic heterocycles. The van der Waals surface area contributed by atoms with Crippen molar-refractivity contribution in [2.45, 2.75) is 25.6 Å². The highest BCUT2D eigenvalue weighted by atomic mass is 32.2. The molecular formula is C17H19N3O4S. The van der Waals surface area contributed by atoms with Gasteiger partial charge in [-0.2, -0.15) is 0 Å². The number of hydrogen-bond acceptors (Lipinski definition) is 7. The maximum atomic E-state index is 12.5. The monoisotopic (exact) mass is 361 g/mol. The fourth-order valence-corrected chi connectivity index (χ4v) is 3.23. The third-order valence-electron chi connectivity index (χ3n) is 3.86. The average Bonchev–Trinajstić information content (AvgIpc) is 3.32. The Labute approximate surface area is 149 Å². The molecule has 0 aromatic carbocycles. The van der Waals surface area contributed by atoms with E-state index in [9.17, 15) is 4.79 Å². The predicted molar refractivity (Wildman–Crippen MR) is 92.8 cm³/mol. The van der Waals surface area contributed by atoms with Crippen molar-refractivity contribution >= 4 is 17.5 Å². The summed E-state index contributed by atoms with van der Waals surface area (Å²) in [5.74, 6) is 1.07. The lowest BCUT2D eigenvalue weighted by Gasteiger charge is -2.08. The maximum Gasteiger partial charge on any atom is 0.284 e. The van der Waals surface area contributed by atoms with E-state index >= 15 is 0 Å². The van der Waals surface area contributed by atoms with Crippen LogP contribution in [0.15, 0.2) is 38.5 Å². The van der Waals surface area contributed by atoms with E-state index in [2.05, 4.69) is 14.8 Å². The number of aromatic nitrogens is 3. The van der Waals surface area contributed by atoms with Crippen molar-refractivity contribution in [3.8, 4) is 11.7 Å². The summed E-state index contributed by atoms with van der Waals surface area (Å²) in [4.78, 5) is 12.5. The van der Waals surface area contributed by atoms with Crippen LogP contribution in [0.25, 0.3) is 11.7 Å². The van der Waals surface area contributed by atoms with Crippen LogP contribution in [0, 0.1) is 13.8 Å². The maximum absolute atomic E-state index is 12.5. The normalized spacial score (nSPS) is 11.2. The quantitative estimate of drug-likeness (QED) is 0.449. The molecule has 3 aromatic rings. The molecule has 0 atom stereocenters. The average molecular weight is 361 g/mol. The van der Waals surface area contributed by atoms with Crippen LogP contribution < -0.4 is 0 Å². The summed E-state index contributed by atoms with van der Waals surface area (Å²) in [5.41, 5.74) is 2.70. The molecule has 3 rings (SSSR count). The van der Waals surface area contributed by atoms with Gasteiger partial charge in [0.05, 0.1) is 18.6 Å². The number of hydrogen-bond donors (Lipinski definition) is 0. The Morgan fingerprint density at radius 2 is 2.20 bits per heavy atom. The number of carbonyl (C=O) groups excluding carboxylic acids is 1. The summed E-state index contributed by atoms with van der Waals surface area (Å²) in [5, 5.41) is 8.19. The minimum Gasteiger partial charge on any atom is -0.459 e. The number of thioether (sulfide) groups is 1. The Morgan fingerprint density at radius 3 is 2.92 bits per heavy atom. The molecule has 0 amide bonds. The third-order valence-corrected chi connectivity index (χ3v) is 4.68. The number of ether oxygens (including phenoxy) is 1. The zero-order chi connectivity index (χ0) is 17.8. The summed E-state index contributed by atoms with van der Waals surface area (Å²) in [6.45, 7) is 5.27. The first-order chi connectivity index (χ1) is 12.1. The second kappa shape index (κ2) is 7.71. The molecule has 0 saturated heterocycles. The summed E-state index contributed by atoms with van der Waals surface area (Å²) in [6, 6.07) is 5.40. The van der Waals surface area contributed by atoms with Gasteiger partial charge in [0, 0.05) is 30.6 Å². The SMILES string of the molecule is COCCn1c(C)cc(C(=O)CSc2nnc(-c3ccco3)o2)c1C. The highest BCUT2D eigenvalue weighted by molar-refractivity contribution is 7.99. The minimum atomic E-state index is 0.0273. The summed E-state index contributed by atoms with van der Waals surface area (Å²) in [7, 11) is 1.66. The molecule has 0 aliphatic carbocycles. The lowest BCUT2D eigenvalue weighted by atomic mass is 10.2. The van der Waals surface area contributed by atoms with Gasteiger partial charge in [0.1, 0.15) is 0 Å². The smallest absolute Gasteiger partial charge is 0.284 e. The first-order valence-electron chi connectivity index (χ1n) is 7.79. The summed E-state index contributed by atoms with van der Waals surface area (Å²) in [6.07, 6.45) is 1.54. The molecule has 0 unspecified atom stereocenters. The number of nitrogens with zero attached hydrogens (tertiary/aromatic N) is 3. The van der Waals surface area contributed by atoms with E-state index in [1.54, 1.807) is 19.2 Å². The molecule has 3 heterocycles. The molecular weight excluding hydrogens is 342 g/mol. The number of furan rings is 1. The first kappa shape index (κ1) is 17.5. The Balaban J connectivity index is 1.65. The van der Waals surface area contributed by atoms with Gasteiger partial charge in [-0.1, -0.05) is 11.8 Å². The van der Waals surface area contributed by atoms with E-state index in [0.29, 0.717) is 29.0 Å². The van der Waals surface area contributed by atoms with Crippen LogP contribution >= 0.6 is 11.8 Å². The van der Waals surface area contributed by atoms with Gasteiger partial charge in [-0.3, -0.25) is 4.79 Å². The molecule has 0 radical (unpaired) electrons. The molecule has 132 valence electrons. The van der Waals surface area contributed by atoms with Crippen molar-refractivity contribution in [3.63, 3.8) is 0 Å². The van der Waals surface area contributed by atoms with E-state index < -0.39 is 0 Å². The molecule has 25 heavy (non-hydrogen) atoms. The van der Waals surface area contributed by atoms with Gasteiger partial charge in [-0.15, -0.1) is 10.2 Å². The molecule has 8 heteroatoms. The van der Waals surface area contributed by atoms with Crippen LogP contribution in [-0.2, 0) is 11.3 Å². The van der Waals surface area contributed by atoms with Crippen molar-refractivity contribution in [2.24, 2.45) is 0 Å². The van der Waals surface area contributed by atoms with Gasteiger partial charge in [0.15, 0.2) is 11.5 Å². The molecule has 0 fully saturated rings. The lowest BCUT2D eigenvalue weighted by Crippen LogP contribution is -2.09. The number of methoxy groups -OCH3 is 1. The third kappa shape index (κ3) is 3.85. The van der Waals surface area contributed by atoms with E-state index in [-0.39, 0.29) is 11.5 Å². The van der Waals surface area contributed by atoms with Gasteiger partial charge < -0.3 is 18.1 Å². The van der Waals surface area contributed by atoms with Gasteiger partial charge in [0.25, 0.3) is 11.1 Å². The molecule has 7 nitrogen and oxygen atoms in total. The minimum absolute atomic E-state index is 0.0273. The summed E-state index contributed by atoms with van der Waals surface area (Å²) < 4.78 is 17.9. The van der Waals surface area contributed by atoms with Gasteiger partial charge >= 0.3 is 0 Å². The molecule has 0 aliphatic heterocycles. The fraction of sp³-hybridized carbons (Fsp3) is 0.353. The fourth-order valence-electron chi connectivity index (χ4n) is 2.58. The standard InChI is InChI=1S/C17H19N3O4S/c1-11-9-13(12(2)20(11)6-8-22-3)14(21)10-25-17-19-18-16(24-17)15-5-4-7-23-15/h4-5,7,9H,6,8,10H2,1-3H3. The highest BCUT2D eigenvalue weighted by Crippen LogP contribution is 2.25. The van der Waals surface area contributed by atoms with Crippen LogP contribution in [0.4, 0.5) is 0 Å². The van der Waals surface area contributed by atoms with E-state index in [1.807, 2.05) is 19.9 Å². The molecule has 0 bridgehead atoms. The second-order valence-electron chi connectivity index (χ2n) is 5.49. The number of rotatable bonds is 8. The largest absolute Gasteiger partial charge is 0.459 e. The van der Waals surface area contributed by atoms with Crippen LogP contribution in [-0.4, -0.2) is 40.0 Å². The molecule has 0 aliphatic rings. The Bertz CT molecular complexity index is 852. The number of Topliss-reactive ketones (excluding diaryl/α,β-unsaturated/α-hetero) is 1. The zero-order valence-electron chi connectivity index (χ0n) is 14.3. The van der Waals surface area contributed by atoms with Crippen LogP contribution in [0.2, 0.25) is 0 Å². The van der Waals surface area contributed by atoms with Crippen LogP contribution in [0.5, 0.6) is 0 Å². The number of aryl methyl sites for hydroxylation is 1. The van der Waals surface area contributed by atoms with E-state index in [4.69, 9.17) is 13.6 Å². The predicted octanol–water partition coefficient (Wildman–Crippen LogP) is 3.37. The van der Waals surface area contributed by atoms with E-state index in [1.165, 1.54) is 18.0 Å². The Morgan fingerprint density at radius 1 is 1.36 bits per heavy atom. The second-order valence-corrected chi connectivity index (χ2v) is 6.42. The topological polar surface area (TPSA) is 83.3 Å². The van der Waals surface area contributed by atoms with Crippen molar-refractivity contribution in [2.75, 3.05) is 19.5 Å². The van der Waals surface area contributed by atoms with Crippen molar-refractivity contribution in [1.29, 1.82) is 0 Å². The van der Waals surface area contributed by atoms with Crippen molar-refractivity contribution < 1.29 is 18.4 Å². The Hall–Kier alpha value is -2.32. The van der Waals surface area contributed by atoms with Crippen LogP contribution in [0.1, 0.15) is 21.7 Å². The van der Waals surface area contributed by atoms with Crippen molar-refractivity contribution in [3.05, 3.63) is 41.4 Å².